The average molecular weight is 359 g/mol. The van der Waals surface area contributed by atoms with Gasteiger partial charge in [0.05, 0.1) is 16.9 Å². The maximum Gasteiger partial charge on any atom is 0.265 e. The standard InChI is InChI=1S/C19H16Cl2N2O/c1-22-9-3-6-16(22)18-15-8-7-13(21)11-17(15)23(19(18)24)14-5-2-4-12(20)10-14/h2,4-5,7-8,10-11H,3,6,9H2,1H3/b18-16-. The van der Waals surface area contributed by atoms with Gasteiger partial charge < -0.3 is 4.90 Å². The van der Waals surface area contributed by atoms with Gasteiger partial charge in [-0.25, -0.2) is 0 Å². The summed E-state index contributed by atoms with van der Waals surface area (Å²) >= 11 is 12.3. The van der Waals surface area contributed by atoms with Crippen molar-refractivity contribution >= 4 is 46.1 Å². The molecule has 0 aromatic heterocycles. The Labute approximate surface area is 151 Å². The van der Waals surface area contributed by atoms with Gasteiger partial charge in [0, 0.05) is 34.9 Å². The Hall–Kier alpha value is -1.97. The summed E-state index contributed by atoms with van der Waals surface area (Å²) in [5, 5.41) is 1.21. The largest absolute Gasteiger partial charge is 0.377 e. The molecule has 0 aliphatic carbocycles. The van der Waals surface area contributed by atoms with E-state index in [0.29, 0.717) is 10.0 Å². The molecular formula is C19H16Cl2N2O. The number of anilines is 2. The van der Waals surface area contributed by atoms with E-state index in [-0.39, 0.29) is 5.91 Å². The fourth-order valence-corrected chi connectivity index (χ4v) is 3.86. The van der Waals surface area contributed by atoms with Crippen molar-refractivity contribution < 1.29 is 4.79 Å². The summed E-state index contributed by atoms with van der Waals surface area (Å²) in [7, 11) is 2.04. The van der Waals surface area contributed by atoms with E-state index < -0.39 is 0 Å². The summed E-state index contributed by atoms with van der Waals surface area (Å²) in [5.41, 5.74) is 4.40. The van der Waals surface area contributed by atoms with Crippen LogP contribution in [0.2, 0.25) is 10.0 Å². The zero-order chi connectivity index (χ0) is 16.8. The summed E-state index contributed by atoms with van der Waals surface area (Å²) in [5.74, 6) is -0.0155. The van der Waals surface area contributed by atoms with Crippen molar-refractivity contribution in [1.29, 1.82) is 0 Å². The molecule has 1 saturated heterocycles. The first-order chi connectivity index (χ1) is 11.6. The van der Waals surface area contributed by atoms with Crippen molar-refractivity contribution in [3.8, 4) is 0 Å². The maximum atomic E-state index is 13.3. The highest BCUT2D eigenvalue weighted by molar-refractivity contribution is 6.37. The molecule has 122 valence electrons. The number of rotatable bonds is 1. The van der Waals surface area contributed by atoms with Gasteiger partial charge in [0.15, 0.2) is 0 Å². The maximum absolute atomic E-state index is 13.3. The minimum Gasteiger partial charge on any atom is -0.377 e. The summed E-state index contributed by atoms with van der Waals surface area (Å²) in [6, 6.07) is 13.0. The van der Waals surface area contributed by atoms with E-state index in [4.69, 9.17) is 23.2 Å². The van der Waals surface area contributed by atoms with Gasteiger partial charge in [0.2, 0.25) is 0 Å². The number of carbonyl (C=O) groups is 1. The van der Waals surface area contributed by atoms with E-state index in [2.05, 4.69) is 4.90 Å². The van der Waals surface area contributed by atoms with Crippen LogP contribution in [0.1, 0.15) is 18.4 Å². The van der Waals surface area contributed by atoms with Gasteiger partial charge >= 0.3 is 0 Å². The fraction of sp³-hybridized carbons (Fsp3) is 0.211. The lowest BCUT2D eigenvalue weighted by Crippen LogP contribution is -2.22. The van der Waals surface area contributed by atoms with Crippen LogP contribution in [0.4, 0.5) is 11.4 Å². The van der Waals surface area contributed by atoms with Gasteiger partial charge in [-0.05, 0) is 43.2 Å². The van der Waals surface area contributed by atoms with E-state index in [1.54, 1.807) is 17.0 Å². The van der Waals surface area contributed by atoms with E-state index in [1.807, 2.05) is 37.4 Å². The molecule has 0 saturated carbocycles. The van der Waals surface area contributed by atoms with Crippen molar-refractivity contribution in [1.82, 2.24) is 4.90 Å². The molecule has 0 radical (unpaired) electrons. The van der Waals surface area contributed by atoms with Crippen LogP contribution in [0.3, 0.4) is 0 Å². The molecule has 2 aliphatic heterocycles. The van der Waals surface area contributed by atoms with Crippen LogP contribution in [0.25, 0.3) is 5.57 Å². The number of allylic oxidation sites excluding steroid dienone is 1. The number of amides is 1. The Balaban J connectivity index is 1.95. The van der Waals surface area contributed by atoms with Gasteiger partial charge in [-0.1, -0.05) is 35.3 Å². The zero-order valence-electron chi connectivity index (χ0n) is 13.2. The second-order valence-corrected chi connectivity index (χ2v) is 7.00. The lowest BCUT2D eigenvalue weighted by molar-refractivity contribution is -0.112. The molecule has 24 heavy (non-hydrogen) atoms. The van der Waals surface area contributed by atoms with E-state index in [0.717, 1.165) is 47.6 Å². The Bertz CT molecular complexity index is 875. The number of nitrogens with zero attached hydrogens (tertiary/aromatic N) is 2. The molecule has 1 amide bonds. The van der Waals surface area contributed by atoms with E-state index >= 15 is 0 Å². The van der Waals surface area contributed by atoms with Gasteiger partial charge in [0.25, 0.3) is 5.91 Å². The molecule has 4 rings (SSSR count). The number of fused-ring (bicyclic) bond motifs is 1. The highest BCUT2D eigenvalue weighted by Gasteiger charge is 2.37. The molecule has 1 fully saturated rings. The van der Waals surface area contributed by atoms with Crippen LogP contribution in [-0.4, -0.2) is 24.4 Å². The summed E-state index contributed by atoms with van der Waals surface area (Å²) in [6.07, 6.45) is 1.99. The van der Waals surface area contributed by atoms with Crippen molar-refractivity contribution in [2.75, 3.05) is 18.5 Å². The average Bonchev–Trinajstić information content (AvgIpc) is 3.07. The first-order valence-corrected chi connectivity index (χ1v) is 8.66. The zero-order valence-corrected chi connectivity index (χ0v) is 14.7. The number of hydrogen-bond donors (Lipinski definition) is 0. The lowest BCUT2D eigenvalue weighted by Gasteiger charge is -2.18. The van der Waals surface area contributed by atoms with E-state index in [1.165, 1.54) is 0 Å². The second-order valence-electron chi connectivity index (χ2n) is 6.13. The first-order valence-electron chi connectivity index (χ1n) is 7.90. The van der Waals surface area contributed by atoms with Crippen LogP contribution in [0.5, 0.6) is 0 Å². The molecule has 0 atom stereocenters. The molecule has 0 N–H and O–H groups in total. The van der Waals surface area contributed by atoms with Gasteiger partial charge in [-0.15, -0.1) is 0 Å². The molecule has 5 heteroatoms. The highest BCUT2D eigenvalue weighted by Crippen LogP contribution is 2.45. The number of carbonyl (C=O) groups excluding carboxylic acids is 1. The number of benzene rings is 2. The molecule has 2 aromatic carbocycles. The van der Waals surface area contributed by atoms with Crippen molar-refractivity contribution in [2.24, 2.45) is 0 Å². The fourth-order valence-electron chi connectivity index (χ4n) is 3.51. The highest BCUT2D eigenvalue weighted by atomic mass is 35.5. The van der Waals surface area contributed by atoms with Crippen molar-refractivity contribution in [3.63, 3.8) is 0 Å². The third kappa shape index (κ3) is 2.40. The molecule has 0 bridgehead atoms. The van der Waals surface area contributed by atoms with Gasteiger partial charge in [-0.2, -0.15) is 0 Å². The Morgan fingerprint density at radius 3 is 2.54 bits per heavy atom. The molecular weight excluding hydrogens is 343 g/mol. The van der Waals surface area contributed by atoms with Crippen LogP contribution in [0, 0.1) is 0 Å². The van der Waals surface area contributed by atoms with Crippen molar-refractivity contribution in [3.05, 3.63) is 63.8 Å². The first kappa shape index (κ1) is 15.6. The Morgan fingerprint density at radius 1 is 1.04 bits per heavy atom. The quantitative estimate of drug-likeness (QED) is 0.661. The molecule has 2 aliphatic rings. The minimum atomic E-state index is -0.0155. The number of likely N-dealkylation sites (tertiary alicyclic amines) is 1. The number of hydrogen-bond acceptors (Lipinski definition) is 2. The SMILES string of the molecule is CN1CCC/C1=C1/C(=O)N(c2cccc(Cl)c2)c2cc(Cl)ccc21. The third-order valence-corrected chi connectivity index (χ3v) is 5.08. The van der Waals surface area contributed by atoms with Gasteiger partial charge in [0.1, 0.15) is 0 Å². The van der Waals surface area contributed by atoms with Crippen LogP contribution < -0.4 is 4.90 Å². The lowest BCUT2D eigenvalue weighted by atomic mass is 10.0. The van der Waals surface area contributed by atoms with Crippen LogP contribution in [-0.2, 0) is 4.79 Å². The second kappa shape index (κ2) is 5.83. The third-order valence-electron chi connectivity index (χ3n) is 4.61. The Kier molecular flexibility index (Phi) is 3.78. The minimum absolute atomic E-state index is 0.0155. The predicted octanol–water partition coefficient (Wildman–Crippen LogP) is 5.11. The summed E-state index contributed by atoms with van der Waals surface area (Å²) in [6.45, 7) is 0.978. The topological polar surface area (TPSA) is 23.6 Å². The molecule has 0 unspecified atom stereocenters. The van der Waals surface area contributed by atoms with Crippen molar-refractivity contribution in [2.45, 2.75) is 12.8 Å². The normalized spacial score (nSPS) is 20.0. The van der Waals surface area contributed by atoms with Gasteiger partial charge in [-0.3, -0.25) is 9.69 Å². The number of halogens is 2. The summed E-state index contributed by atoms with van der Waals surface area (Å²) < 4.78 is 0. The summed E-state index contributed by atoms with van der Waals surface area (Å²) in [4.78, 5) is 17.2. The Morgan fingerprint density at radius 2 is 1.83 bits per heavy atom. The molecule has 2 heterocycles. The monoisotopic (exact) mass is 358 g/mol. The molecule has 3 nitrogen and oxygen atoms in total. The molecule has 2 aromatic rings. The van der Waals surface area contributed by atoms with Crippen LogP contribution in [0.15, 0.2) is 48.2 Å². The predicted molar refractivity (Wildman–Crippen MR) is 98.8 cm³/mol. The van der Waals surface area contributed by atoms with Crippen LogP contribution >= 0.6 is 23.2 Å². The smallest absolute Gasteiger partial charge is 0.265 e. The molecule has 0 spiro atoms. The van der Waals surface area contributed by atoms with E-state index in [9.17, 15) is 4.79 Å².